The molecule has 1 amide bonds. The molecule has 1 aromatic rings. The van der Waals surface area contributed by atoms with Gasteiger partial charge >= 0.3 is 6.09 Å². The van der Waals surface area contributed by atoms with Crippen molar-refractivity contribution in [3.63, 3.8) is 0 Å². The highest BCUT2D eigenvalue weighted by atomic mass is 16.6. The third-order valence-corrected chi connectivity index (χ3v) is 7.26. The van der Waals surface area contributed by atoms with Crippen molar-refractivity contribution in [3.8, 4) is 0 Å². The molecule has 3 N–H and O–H groups in total. The molecule has 2 aliphatic carbocycles. The lowest BCUT2D eigenvalue weighted by Gasteiger charge is -2.27. The molecule has 0 radical (unpaired) electrons. The van der Waals surface area contributed by atoms with E-state index < -0.39 is 5.60 Å². The summed E-state index contributed by atoms with van der Waals surface area (Å²) in [6.45, 7) is 8.98. The van der Waals surface area contributed by atoms with Gasteiger partial charge in [0.25, 0.3) is 0 Å². The highest BCUT2D eigenvalue weighted by Crippen LogP contribution is 2.45. The van der Waals surface area contributed by atoms with Crippen LogP contribution in [0.2, 0.25) is 0 Å². The Morgan fingerprint density at radius 1 is 1.10 bits per heavy atom. The van der Waals surface area contributed by atoms with E-state index in [1.807, 2.05) is 25.7 Å². The summed E-state index contributed by atoms with van der Waals surface area (Å²) in [5.74, 6) is 4.61. The van der Waals surface area contributed by atoms with E-state index in [-0.39, 0.29) is 6.09 Å². The van der Waals surface area contributed by atoms with E-state index in [0.717, 1.165) is 49.7 Å². The molecule has 2 saturated heterocycles. The van der Waals surface area contributed by atoms with Gasteiger partial charge in [0.2, 0.25) is 5.95 Å². The number of rotatable bonds is 3. The summed E-state index contributed by atoms with van der Waals surface area (Å²) in [6.07, 6.45) is 5.12. The molecule has 2 bridgehead atoms. The van der Waals surface area contributed by atoms with Gasteiger partial charge in [-0.25, -0.2) is 4.79 Å². The molecular weight excluding hydrogens is 380 g/mol. The minimum atomic E-state index is -0.457. The highest BCUT2D eigenvalue weighted by Gasteiger charge is 2.43. The molecule has 164 valence electrons. The van der Waals surface area contributed by atoms with Gasteiger partial charge in [-0.2, -0.15) is 9.97 Å². The van der Waals surface area contributed by atoms with Crippen LogP contribution in [0.15, 0.2) is 6.07 Å². The maximum atomic E-state index is 12.4. The topological polar surface area (TPSA) is 96.6 Å². The molecule has 8 nitrogen and oxygen atoms in total. The fraction of sp³-hybridized carbons (Fsp3) is 0.773. The third-order valence-electron chi connectivity index (χ3n) is 7.26. The number of nitrogens with zero attached hydrogens (tertiary/aromatic N) is 4. The Balaban J connectivity index is 1.22. The third kappa shape index (κ3) is 3.88. The molecule has 5 atom stereocenters. The molecule has 2 saturated carbocycles. The number of nitrogen functional groups attached to an aromatic ring is 1. The summed E-state index contributed by atoms with van der Waals surface area (Å²) < 4.78 is 5.54. The molecule has 3 heterocycles. The second kappa shape index (κ2) is 7.17. The number of nitrogens with two attached hydrogens (primary N) is 1. The number of ether oxygens (including phenoxy) is 1. The molecule has 4 aliphatic rings. The fourth-order valence-corrected chi connectivity index (χ4v) is 5.96. The smallest absolute Gasteiger partial charge is 0.410 e. The number of amides is 1. The van der Waals surface area contributed by atoms with Gasteiger partial charge in [-0.3, -0.25) is 0 Å². The Kier molecular flexibility index (Phi) is 4.71. The van der Waals surface area contributed by atoms with Crippen LogP contribution in [0.3, 0.4) is 0 Å². The molecular formula is C22H34N6O2. The van der Waals surface area contributed by atoms with Crippen LogP contribution in [0.4, 0.5) is 22.4 Å². The Bertz CT molecular complexity index is 810. The first kappa shape index (κ1) is 19.7. The van der Waals surface area contributed by atoms with Crippen LogP contribution in [0.25, 0.3) is 0 Å². The number of carbonyl (C=O) groups is 1. The molecule has 0 spiro atoms. The number of fused-ring (bicyclic) bond motifs is 3. The number of aromatic nitrogens is 2. The normalized spacial score (nSPS) is 32.6. The van der Waals surface area contributed by atoms with Gasteiger partial charge in [-0.15, -0.1) is 0 Å². The van der Waals surface area contributed by atoms with Gasteiger partial charge in [0.05, 0.1) is 0 Å². The van der Waals surface area contributed by atoms with E-state index in [4.69, 9.17) is 10.5 Å². The van der Waals surface area contributed by atoms with E-state index in [1.54, 1.807) is 0 Å². The lowest BCUT2D eigenvalue weighted by Crippen LogP contribution is -2.37. The van der Waals surface area contributed by atoms with Crippen molar-refractivity contribution in [2.45, 2.75) is 58.1 Å². The van der Waals surface area contributed by atoms with Crippen LogP contribution in [0.5, 0.6) is 0 Å². The standard InChI is InChI=1S/C22H34N6O2/c1-22(2,3)30-21(29)28-11-15-9-27(10-16(15)12-28)19-8-18(25-20(23)26-19)24-17-7-13-4-5-14(17)6-13/h8,13-17H,4-7,9-12H2,1-3H3,(H3,23,24,25,26)/t13-,14?,15-,16+,17+/m0/s1. The molecule has 1 aromatic heterocycles. The Labute approximate surface area is 178 Å². The van der Waals surface area contributed by atoms with Gasteiger partial charge in [-0.05, 0) is 51.9 Å². The van der Waals surface area contributed by atoms with Crippen molar-refractivity contribution in [3.05, 3.63) is 6.07 Å². The Hall–Kier alpha value is -2.25. The first-order chi connectivity index (χ1) is 14.2. The van der Waals surface area contributed by atoms with Crippen LogP contribution >= 0.6 is 0 Å². The van der Waals surface area contributed by atoms with Crippen LogP contribution in [-0.2, 0) is 4.74 Å². The number of nitrogens with one attached hydrogen (secondary N) is 1. The predicted molar refractivity (Wildman–Crippen MR) is 116 cm³/mol. The molecule has 0 aromatic carbocycles. The molecule has 2 aliphatic heterocycles. The van der Waals surface area contributed by atoms with E-state index in [9.17, 15) is 4.79 Å². The second-order valence-corrected chi connectivity index (χ2v) is 10.7. The summed E-state index contributed by atoms with van der Waals surface area (Å²) in [6, 6.07) is 2.57. The summed E-state index contributed by atoms with van der Waals surface area (Å²) in [5.41, 5.74) is 5.60. The van der Waals surface area contributed by atoms with Crippen molar-refractivity contribution < 1.29 is 9.53 Å². The van der Waals surface area contributed by atoms with Gasteiger partial charge in [0.15, 0.2) is 0 Å². The molecule has 5 rings (SSSR count). The average molecular weight is 415 g/mol. The lowest BCUT2D eigenvalue weighted by molar-refractivity contribution is 0.0282. The van der Waals surface area contributed by atoms with Crippen LogP contribution in [0.1, 0.15) is 46.5 Å². The highest BCUT2D eigenvalue weighted by molar-refractivity contribution is 5.68. The quantitative estimate of drug-likeness (QED) is 0.785. The zero-order valence-electron chi connectivity index (χ0n) is 18.3. The Morgan fingerprint density at radius 3 is 2.43 bits per heavy atom. The van der Waals surface area contributed by atoms with Crippen molar-refractivity contribution >= 4 is 23.7 Å². The van der Waals surface area contributed by atoms with Gasteiger partial charge < -0.3 is 25.6 Å². The molecule has 30 heavy (non-hydrogen) atoms. The monoisotopic (exact) mass is 414 g/mol. The van der Waals surface area contributed by atoms with Gasteiger partial charge in [0.1, 0.15) is 17.2 Å². The van der Waals surface area contributed by atoms with Crippen molar-refractivity contribution in [1.82, 2.24) is 14.9 Å². The molecule has 1 unspecified atom stereocenters. The van der Waals surface area contributed by atoms with Crippen LogP contribution in [-0.4, -0.2) is 58.8 Å². The number of hydrogen-bond acceptors (Lipinski definition) is 7. The SMILES string of the molecule is CC(C)(C)OC(=O)N1C[C@@H]2CN(c3cc(N[C@@H]4C[C@H]5CCC4C5)nc(N)n3)C[C@@H]2C1. The van der Waals surface area contributed by atoms with Crippen molar-refractivity contribution in [1.29, 1.82) is 0 Å². The maximum absolute atomic E-state index is 12.4. The number of anilines is 3. The first-order valence-electron chi connectivity index (χ1n) is 11.4. The second-order valence-electron chi connectivity index (χ2n) is 10.7. The number of likely N-dealkylation sites (tertiary alicyclic amines) is 1. The first-order valence-corrected chi connectivity index (χ1v) is 11.4. The summed E-state index contributed by atoms with van der Waals surface area (Å²) in [5, 5.41) is 3.64. The zero-order chi connectivity index (χ0) is 21.0. The zero-order valence-corrected chi connectivity index (χ0v) is 18.3. The number of carbonyl (C=O) groups excluding carboxylic acids is 1. The summed E-state index contributed by atoms with van der Waals surface area (Å²) >= 11 is 0. The summed E-state index contributed by atoms with van der Waals surface area (Å²) in [4.78, 5) is 25.5. The molecule has 4 fully saturated rings. The lowest BCUT2D eigenvalue weighted by atomic mass is 9.95. The minimum absolute atomic E-state index is 0.202. The maximum Gasteiger partial charge on any atom is 0.410 e. The van der Waals surface area contributed by atoms with Crippen LogP contribution in [0, 0.1) is 23.7 Å². The largest absolute Gasteiger partial charge is 0.444 e. The predicted octanol–water partition coefficient (Wildman–Crippen LogP) is 2.96. The van der Waals surface area contributed by atoms with E-state index in [0.29, 0.717) is 23.8 Å². The van der Waals surface area contributed by atoms with Crippen LogP contribution < -0.4 is 16.0 Å². The summed E-state index contributed by atoms with van der Waals surface area (Å²) in [7, 11) is 0. The molecule has 8 heteroatoms. The van der Waals surface area contributed by atoms with Gasteiger partial charge in [-0.1, -0.05) is 6.42 Å². The fourth-order valence-electron chi connectivity index (χ4n) is 5.96. The van der Waals surface area contributed by atoms with E-state index in [1.165, 1.54) is 25.7 Å². The van der Waals surface area contributed by atoms with Gasteiger partial charge in [0, 0.05) is 50.1 Å². The number of hydrogen-bond donors (Lipinski definition) is 2. The van der Waals surface area contributed by atoms with Crippen molar-refractivity contribution in [2.24, 2.45) is 23.7 Å². The van der Waals surface area contributed by atoms with Crippen molar-refractivity contribution in [2.75, 3.05) is 42.1 Å². The average Bonchev–Trinajstić information content (AvgIpc) is 3.39. The van der Waals surface area contributed by atoms with E-state index in [2.05, 4.69) is 26.3 Å². The minimum Gasteiger partial charge on any atom is -0.444 e. The van der Waals surface area contributed by atoms with E-state index >= 15 is 0 Å². The Morgan fingerprint density at radius 2 is 1.83 bits per heavy atom.